The van der Waals surface area contributed by atoms with Crippen LogP contribution >= 0.6 is 11.8 Å². The average Bonchev–Trinajstić information content (AvgIpc) is 2.97. The number of hydrogen-bond donors (Lipinski definition) is 1. The normalized spacial score (nSPS) is 25.6. The van der Waals surface area contributed by atoms with Gasteiger partial charge in [-0.2, -0.15) is 0 Å². The lowest BCUT2D eigenvalue weighted by molar-refractivity contribution is -0.115. The summed E-state index contributed by atoms with van der Waals surface area (Å²) in [6.45, 7) is 6.27. The summed E-state index contributed by atoms with van der Waals surface area (Å²) >= 11 is 1.35. The van der Waals surface area contributed by atoms with E-state index in [1.54, 1.807) is 6.08 Å². The lowest BCUT2D eigenvalue weighted by Gasteiger charge is -2.04. The zero-order valence-electron chi connectivity index (χ0n) is 14.5. The van der Waals surface area contributed by atoms with Gasteiger partial charge in [-0.15, -0.1) is 0 Å². The molecule has 25 heavy (non-hydrogen) atoms. The quantitative estimate of drug-likeness (QED) is 0.799. The number of nitrogens with one attached hydrogen (secondary N) is 1. The number of para-hydroxylation sites is 1. The van der Waals surface area contributed by atoms with Gasteiger partial charge in [0.1, 0.15) is 11.5 Å². The molecule has 128 valence electrons. The Bertz CT molecular complexity index is 890. The molecular weight excluding hydrogens is 332 g/mol. The second-order valence-corrected chi connectivity index (χ2v) is 7.81. The van der Waals surface area contributed by atoms with E-state index in [1.807, 2.05) is 44.2 Å². The Morgan fingerprint density at radius 2 is 1.96 bits per heavy atom. The number of carbonyl (C=O) groups excluding carboxylic acids is 1. The molecule has 4 rings (SSSR count). The largest absolute Gasteiger partial charge is 0.461 e. The smallest absolute Gasteiger partial charge is 0.264 e. The van der Waals surface area contributed by atoms with E-state index in [9.17, 15) is 4.79 Å². The van der Waals surface area contributed by atoms with Gasteiger partial charge in [0.2, 0.25) is 0 Å². The molecule has 0 unspecified atom stereocenters. The van der Waals surface area contributed by atoms with E-state index in [0.29, 0.717) is 21.9 Å². The fourth-order valence-corrected chi connectivity index (χ4v) is 3.86. The van der Waals surface area contributed by atoms with Crippen molar-refractivity contribution >= 4 is 34.6 Å². The van der Waals surface area contributed by atoms with Crippen LogP contribution in [-0.2, 0) is 4.79 Å². The Balaban J connectivity index is 1.56. The molecular formula is C20H20N2O2S. The first kappa shape index (κ1) is 16.2. The molecule has 4 nitrogen and oxygen atoms in total. The van der Waals surface area contributed by atoms with Crippen LogP contribution in [0.4, 0.5) is 5.69 Å². The molecule has 1 saturated heterocycles. The van der Waals surface area contributed by atoms with Gasteiger partial charge in [0.05, 0.1) is 10.6 Å². The maximum absolute atomic E-state index is 12.2. The van der Waals surface area contributed by atoms with Gasteiger partial charge < -0.3 is 9.73 Å². The third-order valence-corrected chi connectivity index (χ3v) is 5.61. The van der Waals surface area contributed by atoms with Gasteiger partial charge in [0.25, 0.3) is 5.91 Å². The number of thioether (sulfide) groups is 1. The van der Waals surface area contributed by atoms with Crippen molar-refractivity contribution in [1.29, 1.82) is 0 Å². The standard InChI is InChI=1S/C20H20N2O2S/c1-11-5-4-6-12(2)18(11)21-20-22-19(23)17(25-20)10-14-7-8-16(24-14)15-9-13(15)3/h4-8,10,13,15H,9H2,1-3H3,(H,21,22,23)/b17-10-/t13-,15-/m1/s1. The third-order valence-electron chi connectivity index (χ3n) is 4.70. The summed E-state index contributed by atoms with van der Waals surface area (Å²) < 4.78 is 5.87. The van der Waals surface area contributed by atoms with Crippen LogP contribution in [0.25, 0.3) is 6.08 Å². The maximum atomic E-state index is 12.2. The highest BCUT2D eigenvalue weighted by molar-refractivity contribution is 8.18. The Hall–Kier alpha value is -2.27. The van der Waals surface area contributed by atoms with Crippen molar-refractivity contribution in [2.45, 2.75) is 33.1 Å². The van der Waals surface area contributed by atoms with E-state index in [2.05, 4.69) is 17.2 Å². The molecule has 1 aliphatic heterocycles. The number of amidine groups is 1. The van der Waals surface area contributed by atoms with Gasteiger partial charge in [-0.25, -0.2) is 4.99 Å². The first-order chi connectivity index (χ1) is 12.0. The van der Waals surface area contributed by atoms with Crippen molar-refractivity contribution in [3.63, 3.8) is 0 Å². The molecule has 1 amide bonds. The van der Waals surface area contributed by atoms with Gasteiger partial charge >= 0.3 is 0 Å². The summed E-state index contributed by atoms with van der Waals surface area (Å²) in [5.41, 5.74) is 3.09. The van der Waals surface area contributed by atoms with Crippen molar-refractivity contribution in [2.24, 2.45) is 10.9 Å². The highest BCUT2D eigenvalue weighted by atomic mass is 32.2. The number of aryl methyl sites for hydroxylation is 2. The van der Waals surface area contributed by atoms with Crippen LogP contribution in [-0.4, -0.2) is 11.1 Å². The molecule has 2 aromatic rings. The number of aliphatic imine (C=N–C) groups is 1. The van der Waals surface area contributed by atoms with Crippen LogP contribution in [0.5, 0.6) is 0 Å². The molecule has 2 fully saturated rings. The molecule has 1 saturated carbocycles. The Morgan fingerprint density at radius 1 is 1.24 bits per heavy atom. The highest BCUT2D eigenvalue weighted by Crippen LogP contribution is 2.47. The summed E-state index contributed by atoms with van der Waals surface area (Å²) in [6, 6.07) is 10.0. The molecule has 0 spiro atoms. The predicted molar refractivity (Wildman–Crippen MR) is 102 cm³/mol. The highest BCUT2D eigenvalue weighted by Gasteiger charge is 2.36. The third kappa shape index (κ3) is 3.29. The first-order valence-electron chi connectivity index (χ1n) is 8.47. The average molecular weight is 352 g/mol. The van der Waals surface area contributed by atoms with Crippen LogP contribution in [0.3, 0.4) is 0 Å². The maximum Gasteiger partial charge on any atom is 0.264 e. The molecule has 0 radical (unpaired) electrons. The molecule has 2 heterocycles. The fraction of sp³-hybridized carbons (Fsp3) is 0.300. The SMILES string of the molecule is Cc1cccc(C)c1N=C1NC(=O)/C(=C/c2ccc([C@@H]3C[C@H]3C)o2)S1. The van der Waals surface area contributed by atoms with Gasteiger partial charge in [-0.05, 0) is 61.2 Å². The van der Waals surface area contributed by atoms with E-state index >= 15 is 0 Å². The summed E-state index contributed by atoms with van der Waals surface area (Å²) in [7, 11) is 0. The van der Waals surface area contributed by atoms with Crippen molar-refractivity contribution in [2.75, 3.05) is 0 Å². The Labute approximate surface area is 151 Å². The Kier molecular flexibility index (Phi) is 4.04. The monoisotopic (exact) mass is 352 g/mol. The molecule has 1 aliphatic carbocycles. The number of rotatable bonds is 3. The molecule has 1 aromatic carbocycles. The van der Waals surface area contributed by atoms with Crippen molar-refractivity contribution in [1.82, 2.24) is 5.32 Å². The summed E-state index contributed by atoms with van der Waals surface area (Å²) in [5, 5.41) is 3.45. The lowest BCUT2D eigenvalue weighted by atomic mass is 10.1. The van der Waals surface area contributed by atoms with Crippen molar-refractivity contribution < 1.29 is 9.21 Å². The number of nitrogens with zero attached hydrogens (tertiary/aromatic N) is 1. The zero-order chi connectivity index (χ0) is 17.6. The zero-order valence-corrected chi connectivity index (χ0v) is 15.3. The van der Waals surface area contributed by atoms with E-state index in [4.69, 9.17) is 4.42 Å². The minimum absolute atomic E-state index is 0.132. The van der Waals surface area contributed by atoms with Crippen LogP contribution in [0.15, 0.2) is 44.6 Å². The topological polar surface area (TPSA) is 54.6 Å². The van der Waals surface area contributed by atoms with E-state index in [1.165, 1.54) is 18.2 Å². The van der Waals surface area contributed by atoms with Crippen molar-refractivity contribution in [3.05, 3.63) is 57.9 Å². The molecule has 2 aliphatic rings. The van der Waals surface area contributed by atoms with Crippen LogP contribution in [0, 0.1) is 19.8 Å². The minimum atomic E-state index is -0.132. The van der Waals surface area contributed by atoms with Gasteiger partial charge in [-0.3, -0.25) is 4.79 Å². The van der Waals surface area contributed by atoms with Gasteiger partial charge in [0.15, 0.2) is 5.17 Å². The van der Waals surface area contributed by atoms with Crippen molar-refractivity contribution in [3.8, 4) is 0 Å². The molecule has 2 atom stereocenters. The lowest BCUT2D eigenvalue weighted by Crippen LogP contribution is -2.19. The number of carbonyl (C=O) groups is 1. The van der Waals surface area contributed by atoms with Crippen LogP contribution in [0.1, 0.15) is 41.9 Å². The fourth-order valence-electron chi connectivity index (χ4n) is 3.06. The van der Waals surface area contributed by atoms with E-state index in [-0.39, 0.29) is 5.91 Å². The predicted octanol–water partition coefficient (Wildman–Crippen LogP) is 4.91. The molecule has 5 heteroatoms. The van der Waals surface area contributed by atoms with Gasteiger partial charge in [-0.1, -0.05) is 25.1 Å². The Morgan fingerprint density at radius 3 is 2.64 bits per heavy atom. The summed E-state index contributed by atoms with van der Waals surface area (Å²) in [4.78, 5) is 17.5. The first-order valence-corrected chi connectivity index (χ1v) is 9.28. The number of furan rings is 1. The second-order valence-electron chi connectivity index (χ2n) is 6.78. The van der Waals surface area contributed by atoms with Crippen LogP contribution < -0.4 is 5.32 Å². The number of hydrogen-bond acceptors (Lipinski definition) is 4. The minimum Gasteiger partial charge on any atom is -0.461 e. The molecule has 1 N–H and O–H groups in total. The summed E-state index contributed by atoms with van der Waals surface area (Å²) in [6.07, 6.45) is 2.98. The number of benzene rings is 1. The number of amides is 1. The van der Waals surface area contributed by atoms with E-state index in [0.717, 1.165) is 28.3 Å². The summed E-state index contributed by atoms with van der Waals surface area (Å²) in [5.74, 6) is 2.85. The molecule has 1 aromatic heterocycles. The van der Waals surface area contributed by atoms with E-state index < -0.39 is 0 Å². The van der Waals surface area contributed by atoms with Crippen LogP contribution in [0.2, 0.25) is 0 Å². The molecule has 0 bridgehead atoms. The second kappa shape index (κ2) is 6.23. The van der Waals surface area contributed by atoms with Gasteiger partial charge in [0, 0.05) is 12.0 Å².